The number of rotatable bonds is 15. The van der Waals surface area contributed by atoms with Crippen molar-refractivity contribution in [3.8, 4) is 0 Å². The van der Waals surface area contributed by atoms with Crippen LogP contribution in [0.15, 0.2) is 60.7 Å². The molecule has 0 heterocycles. The molecule has 6 nitrogen and oxygen atoms in total. The number of nitrogens with zero attached hydrogens (tertiary/aromatic N) is 2. The third-order valence-electron chi connectivity index (χ3n) is 6.25. The third-order valence-corrected chi connectivity index (χ3v) is 6.25. The van der Waals surface area contributed by atoms with Crippen LogP contribution in [0.4, 0.5) is 0 Å². The first-order valence-corrected chi connectivity index (χ1v) is 12.4. The number of hydrogen-bond acceptors (Lipinski definition) is 6. The molecular formula is C28H40N2O4. The van der Waals surface area contributed by atoms with Gasteiger partial charge in [-0.25, -0.2) is 0 Å². The minimum absolute atomic E-state index is 0.280. The van der Waals surface area contributed by atoms with E-state index in [0.29, 0.717) is 13.1 Å². The van der Waals surface area contributed by atoms with Gasteiger partial charge in [-0.3, -0.25) is 9.59 Å². The highest BCUT2D eigenvalue weighted by Crippen LogP contribution is 2.35. The summed E-state index contributed by atoms with van der Waals surface area (Å²) in [6.45, 7) is 13.8. The maximum Gasteiger partial charge on any atom is 0.314 e. The number of benzene rings is 2. The lowest BCUT2D eigenvalue weighted by Crippen LogP contribution is -2.33. The highest BCUT2D eigenvalue weighted by Gasteiger charge is 2.38. The van der Waals surface area contributed by atoms with Gasteiger partial charge in [-0.2, -0.15) is 0 Å². The summed E-state index contributed by atoms with van der Waals surface area (Å²) >= 11 is 0. The van der Waals surface area contributed by atoms with Gasteiger partial charge in [0.25, 0.3) is 0 Å². The summed E-state index contributed by atoms with van der Waals surface area (Å²) in [7, 11) is 0. The van der Waals surface area contributed by atoms with Gasteiger partial charge in [-0.05, 0) is 37.3 Å². The zero-order valence-corrected chi connectivity index (χ0v) is 21.1. The molecule has 2 unspecified atom stereocenters. The Morgan fingerprint density at radius 2 is 0.941 bits per heavy atom. The Kier molecular flexibility index (Phi) is 12.4. The second kappa shape index (κ2) is 15.3. The van der Waals surface area contributed by atoms with Gasteiger partial charge >= 0.3 is 11.9 Å². The molecular weight excluding hydrogens is 428 g/mol. The van der Waals surface area contributed by atoms with Crippen LogP contribution in [-0.4, -0.2) is 74.2 Å². The topological polar surface area (TPSA) is 59.1 Å². The van der Waals surface area contributed by atoms with E-state index in [1.807, 2.05) is 60.7 Å². The third kappa shape index (κ3) is 8.26. The maximum absolute atomic E-state index is 13.4. The number of carbonyl (C=O) groups excluding carboxylic acids is 2. The van der Waals surface area contributed by atoms with Crippen LogP contribution < -0.4 is 0 Å². The molecule has 2 atom stereocenters. The Balaban J connectivity index is 2.30. The van der Waals surface area contributed by atoms with Crippen molar-refractivity contribution in [2.45, 2.75) is 39.5 Å². The van der Waals surface area contributed by atoms with Crippen LogP contribution in [0.3, 0.4) is 0 Å². The van der Waals surface area contributed by atoms with E-state index >= 15 is 0 Å². The normalized spacial score (nSPS) is 13.0. The van der Waals surface area contributed by atoms with Crippen molar-refractivity contribution < 1.29 is 19.1 Å². The SMILES string of the molecule is CCN(CC)CCOC(=O)C(c1ccccc1)C(C(=O)OCCN(CC)CC)c1ccccc1. The van der Waals surface area contributed by atoms with Crippen molar-refractivity contribution in [3.05, 3.63) is 71.8 Å². The van der Waals surface area contributed by atoms with Gasteiger partial charge in [-0.1, -0.05) is 88.4 Å². The van der Waals surface area contributed by atoms with Gasteiger partial charge in [0.1, 0.15) is 13.2 Å². The van der Waals surface area contributed by atoms with Crippen molar-refractivity contribution in [1.82, 2.24) is 9.80 Å². The molecule has 0 saturated heterocycles. The second-order valence-electron chi connectivity index (χ2n) is 8.17. The van der Waals surface area contributed by atoms with Crippen molar-refractivity contribution >= 4 is 11.9 Å². The average Bonchev–Trinajstić information content (AvgIpc) is 2.88. The van der Waals surface area contributed by atoms with E-state index < -0.39 is 23.8 Å². The zero-order chi connectivity index (χ0) is 24.8. The lowest BCUT2D eigenvalue weighted by atomic mass is 9.81. The van der Waals surface area contributed by atoms with Crippen LogP contribution in [0.2, 0.25) is 0 Å². The highest BCUT2D eigenvalue weighted by atomic mass is 16.5. The summed E-state index contributed by atoms with van der Waals surface area (Å²) in [6.07, 6.45) is 0. The molecule has 0 bridgehead atoms. The lowest BCUT2D eigenvalue weighted by molar-refractivity contribution is -0.154. The monoisotopic (exact) mass is 468 g/mol. The van der Waals surface area contributed by atoms with Crippen molar-refractivity contribution in [1.29, 1.82) is 0 Å². The molecule has 0 aromatic heterocycles. The minimum atomic E-state index is -0.791. The molecule has 0 aliphatic rings. The molecule has 2 aromatic carbocycles. The van der Waals surface area contributed by atoms with Crippen molar-refractivity contribution in [2.24, 2.45) is 0 Å². The molecule has 0 amide bonds. The van der Waals surface area contributed by atoms with Gasteiger partial charge in [-0.15, -0.1) is 0 Å². The fourth-order valence-corrected chi connectivity index (χ4v) is 4.06. The fraction of sp³-hybridized carbons (Fsp3) is 0.500. The molecule has 186 valence electrons. The Hall–Kier alpha value is -2.70. The molecule has 0 fully saturated rings. The van der Waals surface area contributed by atoms with Crippen molar-refractivity contribution in [3.63, 3.8) is 0 Å². The smallest absolute Gasteiger partial charge is 0.314 e. The molecule has 0 radical (unpaired) electrons. The lowest BCUT2D eigenvalue weighted by Gasteiger charge is -2.26. The van der Waals surface area contributed by atoms with E-state index in [2.05, 4.69) is 37.5 Å². The summed E-state index contributed by atoms with van der Waals surface area (Å²) in [6, 6.07) is 18.8. The molecule has 0 aliphatic heterocycles. The van der Waals surface area contributed by atoms with Gasteiger partial charge < -0.3 is 19.3 Å². The maximum atomic E-state index is 13.4. The highest BCUT2D eigenvalue weighted by molar-refractivity contribution is 5.90. The quantitative estimate of drug-likeness (QED) is 0.363. The summed E-state index contributed by atoms with van der Waals surface area (Å²) in [5, 5.41) is 0. The van der Waals surface area contributed by atoms with Gasteiger partial charge in [0, 0.05) is 13.1 Å². The summed E-state index contributed by atoms with van der Waals surface area (Å²) in [5.74, 6) is -2.40. The molecule has 0 saturated carbocycles. The number of carbonyl (C=O) groups is 2. The summed E-state index contributed by atoms with van der Waals surface area (Å²) in [5.41, 5.74) is 1.48. The molecule has 2 rings (SSSR count). The second-order valence-corrected chi connectivity index (χ2v) is 8.17. The van der Waals surface area contributed by atoms with Crippen LogP contribution in [-0.2, 0) is 19.1 Å². The Morgan fingerprint density at radius 3 is 1.24 bits per heavy atom. The van der Waals surface area contributed by atoms with Gasteiger partial charge in [0.05, 0.1) is 11.8 Å². The number of likely N-dealkylation sites (N-methyl/N-ethyl adjacent to an activating group) is 2. The molecule has 6 heteroatoms. The van der Waals surface area contributed by atoms with Gasteiger partial charge in [0.15, 0.2) is 0 Å². The van der Waals surface area contributed by atoms with Gasteiger partial charge in [0.2, 0.25) is 0 Å². The van der Waals surface area contributed by atoms with Crippen LogP contribution in [0.1, 0.15) is 50.7 Å². The van der Waals surface area contributed by atoms with Crippen LogP contribution >= 0.6 is 0 Å². The van der Waals surface area contributed by atoms with Crippen molar-refractivity contribution in [2.75, 3.05) is 52.5 Å². The van der Waals surface area contributed by atoms with Crippen LogP contribution in [0.5, 0.6) is 0 Å². The summed E-state index contributed by atoms with van der Waals surface area (Å²) < 4.78 is 11.5. The molecule has 0 N–H and O–H groups in total. The first-order chi connectivity index (χ1) is 16.5. The van der Waals surface area contributed by atoms with E-state index in [4.69, 9.17) is 9.47 Å². The van der Waals surface area contributed by atoms with E-state index in [9.17, 15) is 9.59 Å². The summed E-state index contributed by atoms with van der Waals surface area (Å²) in [4.78, 5) is 31.3. The number of hydrogen-bond donors (Lipinski definition) is 0. The number of esters is 2. The van der Waals surface area contributed by atoms with E-state index in [1.165, 1.54) is 0 Å². The number of ether oxygens (including phenoxy) is 2. The van der Waals surface area contributed by atoms with E-state index in [1.54, 1.807) is 0 Å². The Labute approximate surface area is 204 Å². The predicted octanol–water partition coefficient (Wildman–Crippen LogP) is 4.32. The Morgan fingerprint density at radius 1 is 0.618 bits per heavy atom. The zero-order valence-electron chi connectivity index (χ0n) is 21.1. The average molecular weight is 469 g/mol. The molecule has 0 spiro atoms. The predicted molar refractivity (Wildman–Crippen MR) is 136 cm³/mol. The first-order valence-electron chi connectivity index (χ1n) is 12.4. The first kappa shape index (κ1) is 27.5. The van der Waals surface area contributed by atoms with E-state index in [-0.39, 0.29) is 13.2 Å². The van der Waals surface area contributed by atoms with Crippen LogP contribution in [0.25, 0.3) is 0 Å². The molecule has 0 aliphatic carbocycles. The fourth-order valence-electron chi connectivity index (χ4n) is 4.06. The standard InChI is InChI=1S/C28H40N2O4/c1-5-29(6-2)19-21-33-27(31)25(23-15-11-9-12-16-23)26(24-17-13-10-14-18-24)28(32)34-22-20-30(7-3)8-4/h9-18,25-26H,5-8,19-22H2,1-4H3. The van der Waals surface area contributed by atoms with E-state index in [0.717, 1.165) is 37.3 Å². The minimum Gasteiger partial charge on any atom is -0.464 e. The Bertz CT molecular complexity index is 764. The largest absolute Gasteiger partial charge is 0.464 e. The van der Waals surface area contributed by atoms with Crippen LogP contribution in [0, 0.1) is 0 Å². The molecule has 2 aromatic rings. The molecule has 34 heavy (non-hydrogen) atoms.